The average Bonchev–Trinajstić information content (AvgIpc) is 3.65. The number of carbonyl (C=O) groups is 2. The van der Waals surface area contributed by atoms with E-state index in [-0.39, 0.29) is 25.4 Å². The first kappa shape index (κ1) is 27.5. The minimum absolute atomic E-state index is 0.0195. The molecule has 2 spiro atoms. The van der Waals surface area contributed by atoms with Crippen molar-refractivity contribution in [2.75, 3.05) is 19.8 Å². The highest BCUT2D eigenvalue weighted by Crippen LogP contribution is 2.72. The van der Waals surface area contributed by atoms with Crippen molar-refractivity contribution in [1.82, 2.24) is 0 Å². The monoisotopic (exact) mass is 532 g/mol. The van der Waals surface area contributed by atoms with E-state index in [9.17, 15) is 19.8 Å². The Kier molecular flexibility index (Phi) is 7.37. The third kappa shape index (κ3) is 4.36. The smallest absolute Gasteiger partial charge is 0.335 e. The summed E-state index contributed by atoms with van der Waals surface area (Å²) in [5.74, 6) is -1.60. The van der Waals surface area contributed by atoms with Crippen LogP contribution in [-0.4, -0.2) is 84.2 Å². The molecule has 2 N–H and O–H groups in total. The van der Waals surface area contributed by atoms with Gasteiger partial charge in [0.25, 0.3) is 0 Å². The first-order valence-corrected chi connectivity index (χ1v) is 13.7. The van der Waals surface area contributed by atoms with E-state index in [1.54, 1.807) is 32.1 Å². The molecule has 0 aromatic carbocycles. The van der Waals surface area contributed by atoms with Gasteiger partial charge in [-0.05, 0) is 39.0 Å². The summed E-state index contributed by atoms with van der Waals surface area (Å²) >= 11 is 0. The quantitative estimate of drug-likeness (QED) is 0.298. The van der Waals surface area contributed by atoms with Crippen molar-refractivity contribution in [1.29, 1.82) is 0 Å². The lowest BCUT2D eigenvalue weighted by Crippen LogP contribution is -2.66. The molecule has 210 valence electrons. The minimum Gasteiger partial charge on any atom is -0.463 e. The summed E-state index contributed by atoms with van der Waals surface area (Å²) in [6.07, 6.45) is 6.89. The topological polar surface area (TPSA) is 124 Å². The zero-order valence-electron chi connectivity index (χ0n) is 22.6. The Balaban J connectivity index is 1.51. The minimum atomic E-state index is -1.33. The summed E-state index contributed by atoms with van der Waals surface area (Å²) in [4.78, 5) is 26.0. The van der Waals surface area contributed by atoms with Crippen LogP contribution in [0.4, 0.5) is 0 Å². The molecule has 3 aliphatic heterocycles. The zero-order chi connectivity index (χ0) is 27.3. The van der Waals surface area contributed by atoms with Crippen LogP contribution in [0.25, 0.3) is 0 Å². The number of aliphatic hydroxyl groups excluding tert-OH is 2. The Hall–Kier alpha value is -2.04. The van der Waals surface area contributed by atoms with Crippen LogP contribution in [0.2, 0.25) is 0 Å². The van der Waals surface area contributed by atoms with E-state index in [0.29, 0.717) is 25.9 Å². The van der Waals surface area contributed by atoms with E-state index in [0.717, 1.165) is 6.42 Å². The maximum Gasteiger partial charge on any atom is 0.335 e. The molecule has 3 fully saturated rings. The number of hydrogen-bond donors (Lipinski definition) is 2. The lowest BCUT2D eigenvalue weighted by atomic mass is 9.51. The normalized spacial score (nSPS) is 46.3. The molecule has 0 radical (unpaired) electrons. The van der Waals surface area contributed by atoms with Gasteiger partial charge in [0, 0.05) is 24.5 Å². The van der Waals surface area contributed by atoms with Crippen LogP contribution >= 0.6 is 0 Å². The molecule has 0 amide bonds. The average molecular weight is 533 g/mol. The highest BCUT2D eigenvalue weighted by Gasteiger charge is 2.83. The van der Waals surface area contributed by atoms with Gasteiger partial charge in [-0.3, -0.25) is 0 Å². The second kappa shape index (κ2) is 10.2. The second-order valence-corrected chi connectivity index (χ2v) is 11.9. The molecule has 0 aromatic heterocycles. The number of aliphatic hydroxyl groups is 2. The number of esters is 2. The van der Waals surface area contributed by atoms with Crippen LogP contribution < -0.4 is 0 Å². The number of epoxide rings is 1. The fourth-order valence-corrected chi connectivity index (χ4v) is 7.04. The number of carbonyl (C=O) groups excluding carboxylic acids is 2. The molecule has 10 atom stereocenters. The van der Waals surface area contributed by atoms with Gasteiger partial charge in [0.15, 0.2) is 6.10 Å². The molecule has 9 heteroatoms. The molecule has 2 aliphatic carbocycles. The summed E-state index contributed by atoms with van der Waals surface area (Å²) in [6.45, 7) is 8.27. The maximum absolute atomic E-state index is 13.1. The van der Waals surface area contributed by atoms with Crippen LogP contribution in [0.3, 0.4) is 0 Å². The highest BCUT2D eigenvalue weighted by molar-refractivity contribution is 5.82. The molecule has 3 heterocycles. The number of ether oxygens (including phenoxy) is 5. The molecule has 1 saturated carbocycles. The van der Waals surface area contributed by atoms with Crippen LogP contribution in [0.15, 0.2) is 36.0 Å². The summed E-state index contributed by atoms with van der Waals surface area (Å²) in [5, 5.41) is 20.8. The van der Waals surface area contributed by atoms with Crippen molar-refractivity contribution in [3.8, 4) is 0 Å². The largest absolute Gasteiger partial charge is 0.463 e. The van der Waals surface area contributed by atoms with Gasteiger partial charge in [0.05, 0.1) is 30.3 Å². The molecular weight excluding hydrogens is 492 g/mol. The van der Waals surface area contributed by atoms with Crippen molar-refractivity contribution in [2.24, 2.45) is 16.7 Å². The van der Waals surface area contributed by atoms with E-state index < -0.39 is 58.7 Å². The third-order valence-electron chi connectivity index (χ3n) is 9.73. The second-order valence-electron chi connectivity index (χ2n) is 11.9. The molecule has 2 saturated heterocycles. The van der Waals surface area contributed by atoms with Crippen molar-refractivity contribution >= 4 is 11.9 Å². The Labute approximate surface area is 223 Å². The number of rotatable bonds is 1. The van der Waals surface area contributed by atoms with Gasteiger partial charge in [-0.1, -0.05) is 43.7 Å². The number of cyclic esters (lactones) is 1. The molecule has 2 bridgehead atoms. The van der Waals surface area contributed by atoms with Crippen LogP contribution in [-0.2, 0) is 33.3 Å². The van der Waals surface area contributed by atoms with Crippen molar-refractivity contribution in [2.45, 2.75) is 95.6 Å². The van der Waals surface area contributed by atoms with Gasteiger partial charge in [-0.15, -0.1) is 0 Å². The van der Waals surface area contributed by atoms with E-state index in [2.05, 4.69) is 19.9 Å². The van der Waals surface area contributed by atoms with Crippen molar-refractivity contribution in [3.63, 3.8) is 0 Å². The van der Waals surface area contributed by atoms with Gasteiger partial charge in [-0.2, -0.15) is 0 Å². The molecule has 0 unspecified atom stereocenters. The van der Waals surface area contributed by atoms with E-state index in [1.165, 1.54) is 11.6 Å². The van der Waals surface area contributed by atoms with Crippen LogP contribution in [0, 0.1) is 16.7 Å². The molecule has 0 aromatic rings. The van der Waals surface area contributed by atoms with Gasteiger partial charge in [-0.25, -0.2) is 9.59 Å². The summed E-state index contributed by atoms with van der Waals surface area (Å²) in [5.41, 5.74) is -0.771. The van der Waals surface area contributed by atoms with Gasteiger partial charge >= 0.3 is 11.9 Å². The fraction of sp³-hybridized carbons (Fsp3) is 0.724. The van der Waals surface area contributed by atoms with Crippen LogP contribution in [0.1, 0.15) is 53.4 Å². The van der Waals surface area contributed by atoms with Gasteiger partial charge < -0.3 is 33.9 Å². The number of hydrogen-bond acceptors (Lipinski definition) is 9. The first-order valence-electron chi connectivity index (χ1n) is 13.7. The first-order chi connectivity index (χ1) is 18.0. The lowest BCUT2D eigenvalue weighted by molar-refractivity contribution is -0.234. The van der Waals surface area contributed by atoms with Crippen LogP contribution in [0.5, 0.6) is 0 Å². The van der Waals surface area contributed by atoms with Crippen molar-refractivity contribution < 1.29 is 43.5 Å². The third-order valence-corrected chi connectivity index (χ3v) is 9.73. The Morgan fingerprint density at radius 1 is 1.16 bits per heavy atom. The van der Waals surface area contributed by atoms with E-state index in [1.807, 2.05) is 0 Å². The standard InChI is InChI=1S/C29H40O9/c1-17-9-11-28-15-35-26(33)25(32)18(2)10-12-34-20(19(3)30)7-5-6-8-24(31)38-21-14-23(37-22(28)13-17)29(16-36-29)27(21,28)4/h5-8,13,18-23,25,30,32H,9-12,14-16H2,1-4H3/t18-,19-,20-,21-,22-,23+,25+,27+,28-,29-/m1/s1. The Morgan fingerprint density at radius 2 is 1.92 bits per heavy atom. The molecule has 5 aliphatic rings. The predicted molar refractivity (Wildman–Crippen MR) is 136 cm³/mol. The number of allylic oxidation sites excluding steroid dienone is 3. The fourth-order valence-electron chi connectivity index (χ4n) is 7.04. The zero-order valence-corrected chi connectivity index (χ0v) is 22.6. The summed E-state index contributed by atoms with van der Waals surface area (Å²) in [7, 11) is 0. The highest BCUT2D eigenvalue weighted by atomic mass is 16.6. The van der Waals surface area contributed by atoms with E-state index in [4.69, 9.17) is 23.7 Å². The molecule has 38 heavy (non-hydrogen) atoms. The van der Waals surface area contributed by atoms with Gasteiger partial charge in [0.2, 0.25) is 0 Å². The molecule has 9 nitrogen and oxygen atoms in total. The lowest BCUT2D eigenvalue weighted by Gasteiger charge is -2.58. The summed E-state index contributed by atoms with van der Waals surface area (Å²) < 4.78 is 30.4. The maximum atomic E-state index is 13.1. The Morgan fingerprint density at radius 3 is 2.63 bits per heavy atom. The van der Waals surface area contributed by atoms with Crippen molar-refractivity contribution in [3.05, 3.63) is 36.0 Å². The van der Waals surface area contributed by atoms with Gasteiger partial charge in [0.1, 0.15) is 24.4 Å². The molecule has 5 rings (SSSR count). The SMILES string of the molecule is CC1=C[C@H]2O[C@H]3C[C@H]4OC(=O)C=CC=C[C@H]([C@@H](C)O)OCC[C@@H](C)[C@H](O)C(=O)OC[C@@]2(CC1)[C@@]4(C)[C@@]31CO1. The molecular formula is C29H40O9. The predicted octanol–water partition coefficient (Wildman–Crippen LogP) is 2.39. The van der Waals surface area contributed by atoms with E-state index >= 15 is 0 Å². The Bertz CT molecular complexity index is 1030. The summed E-state index contributed by atoms with van der Waals surface area (Å²) in [6, 6.07) is 0.